The number of aliphatic carboxylic acids is 2. The molecule has 0 saturated heterocycles. The van der Waals surface area contributed by atoms with Gasteiger partial charge in [-0.05, 0) is 12.8 Å². The third-order valence-corrected chi connectivity index (χ3v) is 3.99. The van der Waals surface area contributed by atoms with E-state index in [9.17, 15) is 32.8 Å². The smallest absolute Gasteiger partial charge is 0.744 e. The molecule has 7 nitrogen and oxygen atoms in total. The van der Waals surface area contributed by atoms with Crippen molar-refractivity contribution in [2.24, 2.45) is 10.8 Å². The molecule has 102 valence electrons. The zero-order valence-corrected chi connectivity index (χ0v) is 19.6. The summed E-state index contributed by atoms with van der Waals surface area (Å²) in [7, 11) is -4.91. The molecule has 0 radical (unpaired) electrons. The van der Waals surface area contributed by atoms with Crippen LogP contribution in [0.15, 0.2) is 11.0 Å². The molecule has 1 rings (SSSR count). The van der Waals surface area contributed by atoms with Crippen LogP contribution < -0.4 is 98.9 Å². The van der Waals surface area contributed by atoms with Gasteiger partial charge in [0.2, 0.25) is 0 Å². The number of carbonyl (C=O) groups is 2. The second-order valence-corrected chi connectivity index (χ2v) is 6.40. The van der Waals surface area contributed by atoms with Crippen molar-refractivity contribution in [3.05, 3.63) is 11.0 Å². The van der Waals surface area contributed by atoms with Gasteiger partial charge in [0.1, 0.15) is 10.1 Å². The number of carboxylic acids is 2. The molecule has 0 aromatic rings. The number of carbonyl (C=O) groups excluding carboxylic acids is 2. The molecule has 1 aliphatic carbocycles. The van der Waals surface area contributed by atoms with Crippen molar-refractivity contribution in [2.45, 2.75) is 26.7 Å². The van der Waals surface area contributed by atoms with Crippen LogP contribution in [-0.2, 0) is 19.7 Å². The van der Waals surface area contributed by atoms with Crippen molar-refractivity contribution in [3.63, 3.8) is 0 Å². The maximum atomic E-state index is 11.0. The summed E-state index contributed by atoms with van der Waals surface area (Å²) in [6.45, 7) is 2.25. The molecule has 0 saturated carbocycles. The predicted octanol–water partition coefficient (Wildman–Crippen LogP) is -11.3. The number of carboxylic acid groups (broad SMARTS) is 2. The van der Waals surface area contributed by atoms with E-state index in [0.29, 0.717) is 0 Å². The molecule has 1 aliphatic rings. The summed E-state index contributed by atoms with van der Waals surface area (Å²) in [4.78, 5) is 21.2. The summed E-state index contributed by atoms with van der Waals surface area (Å²) < 4.78 is 32.9. The molecule has 2 atom stereocenters. The quantitative estimate of drug-likeness (QED) is 0.366. The molecule has 0 bridgehead atoms. The van der Waals surface area contributed by atoms with Crippen LogP contribution in [0.4, 0.5) is 0 Å². The van der Waals surface area contributed by atoms with Gasteiger partial charge in [0.05, 0.1) is 5.97 Å². The van der Waals surface area contributed by atoms with Gasteiger partial charge in [-0.15, -0.1) is 0 Å². The van der Waals surface area contributed by atoms with Gasteiger partial charge in [0, 0.05) is 21.7 Å². The standard InChI is InChI=1S/C10H14O7S.3Na/c1-9(7(11)12)3-6(18(15,16)17)4-10(2,5-9)8(13)14;;;/h3H,4-5H2,1-2H3,(H,11,12)(H,13,14)(H,15,16,17);;;/q;3*+1/p-3. The molecular formula is C10H11Na3O7S. The summed E-state index contributed by atoms with van der Waals surface area (Å²) in [6, 6.07) is 0. The first-order valence-electron chi connectivity index (χ1n) is 5.01. The number of rotatable bonds is 3. The Bertz CT molecular complexity index is 545. The first-order valence-corrected chi connectivity index (χ1v) is 6.42. The van der Waals surface area contributed by atoms with Crippen molar-refractivity contribution in [1.82, 2.24) is 0 Å². The molecular weight excluding hydrogens is 333 g/mol. The van der Waals surface area contributed by atoms with E-state index in [1.165, 1.54) is 0 Å². The fourth-order valence-electron chi connectivity index (χ4n) is 2.15. The van der Waals surface area contributed by atoms with Crippen LogP contribution in [0.25, 0.3) is 0 Å². The topological polar surface area (TPSA) is 137 Å². The Kier molecular flexibility index (Phi) is 12.0. The van der Waals surface area contributed by atoms with Crippen LogP contribution in [0.1, 0.15) is 26.7 Å². The summed E-state index contributed by atoms with van der Waals surface area (Å²) in [6.07, 6.45) is -0.219. The molecule has 21 heavy (non-hydrogen) atoms. The Morgan fingerprint density at radius 2 is 1.52 bits per heavy atom. The third-order valence-electron chi connectivity index (χ3n) is 3.08. The van der Waals surface area contributed by atoms with Gasteiger partial charge in [-0.3, -0.25) is 0 Å². The Morgan fingerprint density at radius 3 is 1.81 bits per heavy atom. The average Bonchev–Trinajstić information content (AvgIpc) is 2.14. The summed E-state index contributed by atoms with van der Waals surface area (Å²) in [5, 5.41) is 22.0. The Balaban J connectivity index is -0.00000108. The molecule has 0 aromatic heterocycles. The SMILES string of the molecule is CC1(C(=O)[O-])C=C(S(=O)(=O)[O-])CC(C)(C(=O)[O-])C1.[Na+].[Na+].[Na+]. The molecule has 0 fully saturated rings. The van der Waals surface area contributed by atoms with Gasteiger partial charge < -0.3 is 24.4 Å². The van der Waals surface area contributed by atoms with Crippen molar-refractivity contribution in [3.8, 4) is 0 Å². The van der Waals surface area contributed by atoms with Crippen LogP contribution in [-0.4, -0.2) is 24.9 Å². The molecule has 11 heteroatoms. The van der Waals surface area contributed by atoms with E-state index in [0.717, 1.165) is 19.9 Å². The summed E-state index contributed by atoms with van der Waals surface area (Å²) in [5.74, 6) is -3.25. The third kappa shape index (κ3) is 6.54. The van der Waals surface area contributed by atoms with Crippen LogP contribution in [0.5, 0.6) is 0 Å². The van der Waals surface area contributed by atoms with Crippen LogP contribution in [0.2, 0.25) is 0 Å². The zero-order chi connectivity index (χ0) is 14.4. The molecule has 0 heterocycles. The largest absolute Gasteiger partial charge is 1.00 e. The molecule has 0 aromatic carbocycles. The minimum Gasteiger partial charge on any atom is -0.744 e. The molecule has 0 amide bonds. The summed E-state index contributed by atoms with van der Waals surface area (Å²) >= 11 is 0. The van der Waals surface area contributed by atoms with Gasteiger partial charge in [-0.1, -0.05) is 19.9 Å². The van der Waals surface area contributed by atoms with E-state index in [2.05, 4.69) is 0 Å². The average molecular weight is 344 g/mol. The molecule has 0 spiro atoms. The maximum absolute atomic E-state index is 11.0. The predicted molar refractivity (Wildman–Crippen MR) is 53.2 cm³/mol. The minimum absolute atomic E-state index is 0. The van der Waals surface area contributed by atoms with E-state index in [4.69, 9.17) is 0 Å². The van der Waals surface area contributed by atoms with Crippen LogP contribution >= 0.6 is 0 Å². The number of hydrogen-bond acceptors (Lipinski definition) is 7. The second-order valence-electron chi connectivity index (χ2n) is 4.97. The van der Waals surface area contributed by atoms with E-state index in [1.807, 2.05) is 0 Å². The van der Waals surface area contributed by atoms with E-state index in [1.54, 1.807) is 0 Å². The van der Waals surface area contributed by atoms with Gasteiger partial charge in [-0.2, -0.15) is 0 Å². The van der Waals surface area contributed by atoms with Crippen molar-refractivity contribution < 1.29 is 121 Å². The Morgan fingerprint density at radius 1 is 1.10 bits per heavy atom. The Hall–Kier alpha value is 1.59. The van der Waals surface area contributed by atoms with Crippen molar-refractivity contribution in [1.29, 1.82) is 0 Å². The second kappa shape index (κ2) is 9.17. The van der Waals surface area contributed by atoms with E-state index < -0.39 is 50.6 Å². The van der Waals surface area contributed by atoms with Gasteiger partial charge in [-0.25, -0.2) is 8.42 Å². The van der Waals surface area contributed by atoms with E-state index >= 15 is 0 Å². The first kappa shape index (κ1) is 27.4. The fourth-order valence-corrected chi connectivity index (χ4v) is 3.05. The molecule has 0 N–H and O–H groups in total. The fraction of sp³-hybridized carbons (Fsp3) is 0.600. The van der Waals surface area contributed by atoms with Gasteiger partial charge >= 0.3 is 88.7 Å². The van der Waals surface area contributed by atoms with Crippen LogP contribution in [0, 0.1) is 10.8 Å². The number of hydrogen-bond donors (Lipinski definition) is 0. The number of allylic oxidation sites excluding steroid dienone is 1. The normalized spacial score (nSPS) is 28.0. The van der Waals surface area contributed by atoms with Crippen molar-refractivity contribution >= 4 is 22.1 Å². The first-order chi connectivity index (χ1) is 7.91. The van der Waals surface area contributed by atoms with Crippen LogP contribution in [0.3, 0.4) is 0 Å². The van der Waals surface area contributed by atoms with E-state index in [-0.39, 0.29) is 88.7 Å². The monoisotopic (exact) mass is 344 g/mol. The zero-order valence-electron chi connectivity index (χ0n) is 12.8. The van der Waals surface area contributed by atoms with Crippen molar-refractivity contribution in [2.75, 3.05) is 0 Å². The summed E-state index contributed by atoms with van der Waals surface area (Å²) in [5.41, 5.74) is -3.57. The van der Waals surface area contributed by atoms with Gasteiger partial charge in [0.25, 0.3) is 0 Å². The van der Waals surface area contributed by atoms with Gasteiger partial charge in [0.15, 0.2) is 0 Å². The minimum atomic E-state index is -4.91. The molecule has 2 unspecified atom stereocenters. The Labute approximate surface area is 189 Å². The molecule has 0 aliphatic heterocycles. The maximum Gasteiger partial charge on any atom is 1.00 e.